The molecule has 1 saturated heterocycles. The summed E-state index contributed by atoms with van der Waals surface area (Å²) < 4.78 is 30.2. The SMILES string of the molecule is Fc1cccc(F)c1C1CCN(c2nccn3c(C4CC4)nnc23)C1. The average Bonchev–Trinajstić information content (AvgIpc) is 3.17. The fourth-order valence-corrected chi connectivity index (χ4v) is 3.76. The molecule has 0 spiro atoms. The molecule has 1 aliphatic heterocycles. The third kappa shape index (κ3) is 2.37. The normalized spacial score (nSPS) is 20.6. The molecule has 3 aromatic rings. The molecular weight excluding hydrogens is 324 g/mol. The van der Waals surface area contributed by atoms with Crippen molar-refractivity contribution in [3.05, 3.63) is 53.6 Å². The maximum atomic E-state index is 14.1. The van der Waals surface area contributed by atoms with Crippen LogP contribution in [0.15, 0.2) is 30.6 Å². The lowest BCUT2D eigenvalue weighted by molar-refractivity contribution is 0.533. The first-order valence-electron chi connectivity index (χ1n) is 8.61. The highest BCUT2D eigenvalue weighted by atomic mass is 19.1. The zero-order valence-electron chi connectivity index (χ0n) is 13.6. The van der Waals surface area contributed by atoms with Gasteiger partial charge in [0.15, 0.2) is 5.82 Å². The maximum Gasteiger partial charge on any atom is 0.203 e. The Morgan fingerprint density at radius 2 is 1.80 bits per heavy atom. The van der Waals surface area contributed by atoms with Gasteiger partial charge in [-0.25, -0.2) is 13.8 Å². The van der Waals surface area contributed by atoms with E-state index in [1.54, 1.807) is 6.20 Å². The van der Waals surface area contributed by atoms with E-state index in [-0.39, 0.29) is 11.5 Å². The van der Waals surface area contributed by atoms with E-state index < -0.39 is 11.6 Å². The molecule has 1 unspecified atom stereocenters. The van der Waals surface area contributed by atoms with Crippen molar-refractivity contribution in [2.24, 2.45) is 0 Å². The van der Waals surface area contributed by atoms with Gasteiger partial charge in [-0.05, 0) is 31.4 Å². The Labute approximate surface area is 143 Å². The molecule has 3 heterocycles. The monoisotopic (exact) mass is 341 g/mol. The molecule has 1 atom stereocenters. The van der Waals surface area contributed by atoms with Crippen LogP contribution in [0.4, 0.5) is 14.6 Å². The van der Waals surface area contributed by atoms with Crippen LogP contribution in [0.5, 0.6) is 0 Å². The first-order valence-corrected chi connectivity index (χ1v) is 8.61. The topological polar surface area (TPSA) is 46.3 Å². The minimum absolute atomic E-state index is 0.178. The molecule has 5 rings (SSSR count). The number of benzene rings is 1. The van der Waals surface area contributed by atoms with Crippen molar-refractivity contribution in [2.75, 3.05) is 18.0 Å². The highest BCUT2D eigenvalue weighted by molar-refractivity contribution is 5.64. The predicted molar refractivity (Wildman–Crippen MR) is 88.7 cm³/mol. The van der Waals surface area contributed by atoms with Crippen molar-refractivity contribution in [3.8, 4) is 0 Å². The first kappa shape index (κ1) is 14.7. The molecule has 25 heavy (non-hydrogen) atoms. The van der Waals surface area contributed by atoms with E-state index in [9.17, 15) is 8.78 Å². The average molecular weight is 341 g/mol. The number of aromatic nitrogens is 4. The summed E-state index contributed by atoms with van der Waals surface area (Å²) in [5.74, 6) is 1.07. The molecule has 2 aromatic heterocycles. The molecule has 128 valence electrons. The van der Waals surface area contributed by atoms with Gasteiger partial charge in [-0.1, -0.05) is 6.07 Å². The highest BCUT2D eigenvalue weighted by Gasteiger charge is 2.32. The predicted octanol–water partition coefficient (Wildman–Crippen LogP) is 3.27. The van der Waals surface area contributed by atoms with Gasteiger partial charge < -0.3 is 4.90 Å². The lowest BCUT2D eigenvalue weighted by Gasteiger charge is -2.18. The van der Waals surface area contributed by atoms with Crippen LogP contribution >= 0.6 is 0 Å². The number of rotatable bonds is 3. The molecule has 7 heteroatoms. The van der Waals surface area contributed by atoms with E-state index in [4.69, 9.17) is 0 Å². The van der Waals surface area contributed by atoms with Crippen LogP contribution in [0.2, 0.25) is 0 Å². The summed E-state index contributed by atoms with van der Waals surface area (Å²) >= 11 is 0. The van der Waals surface area contributed by atoms with E-state index in [0.29, 0.717) is 25.4 Å². The minimum Gasteiger partial charge on any atom is -0.353 e. The molecule has 0 N–H and O–H groups in total. The van der Waals surface area contributed by atoms with Crippen LogP contribution in [0.25, 0.3) is 5.65 Å². The Balaban J connectivity index is 1.48. The van der Waals surface area contributed by atoms with Crippen molar-refractivity contribution < 1.29 is 8.78 Å². The highest BCUT2D eigenvalue weighted by Crippen LogP contribution is 2.40. The molecule has 0 amide bonds. The molecular formula is C18H17F2N5. The lowest BCUT2D eigenvalue weighted by atomic mass is 9.97. The Morgan fingerprint density at radius 1 is 1.00 bits per heavy atom. The Kier molecular flexibility index (Phi) is 3.23. The standard InChI is InChI=1S/C18H17F2N5/c19-13-2-1-3-14(20)15(13)12-6-8-24(10-12)17-18-23-22-16(11-4-5-11)25(18)9-7-21-17/h1-3,7,9,11-12H,4-6,8,10H2. The van der Waals surface area contributed by atoms with Gasteiger partial charge in [0.1, 0.15) is 17.5 Å². The third-order valence-corrected chi connectivity index (χ3v) is 5.17. The van der Waals surface area contributed by atoms with Gasteiger partial charge in [0.2, 0.25) is 5.65 Å². The number of nitrogens with zero attached hydrogens (tertiary/aromatic N) is 5. The summed E-state index contributed by atoms with van der Waals surface area (Å²) in [6.07, 6.45) is 6.61. The zero-order chi connectivity index (χ0) is 17.0. The summed E-state index contributed by atoms with van der Waals surface area (Å²) in [4.78, 5) is 6.52. The summed E-state index contributed by atoms with van der Waals surface area (Å²) in [5.41, 5.74) is 0.899. The summed E-state index contributed by atoms with van der Waals surface area (Å²) in [5, 5.41) is 8.64. The molecule has 0 radical (unpaired) electrons. The molecule has 5 nitrogen and oxygen atoms in total. The lowest BCUT2D eigenvalue weighted by Crippen LogP contribution is -2.22. The Morgan fingerprint density at radius 3 is 2.56 bits per heavy atom. The fraction of sp³-hybridized carbons (Fsp3) is 0.389. The largest absolute Gasteiger partial charge is 0.353 e. The van der Waals surface area contributed by atoms with Gasteiger partial charge in [0, 0.05) is 42.9 Å². The van der Waals surface area contributed by atoms with E-state index in [0.717, 1.165) is 30.1 Å². The number of hydrogen-bond donors (Lipinski definition) is 0. The van der Waals surface area contributed by atoms with Gasteiger partial charge in [-0.2, -0.15) is 0 Å². The second-order valence-corrected chi connectivity index (χ2v) is 6.84. The molecule has 1 aliphatic carbocycles. The van der Waals surface area contributed by atoms with Crippen molar-refractivity contribution >= 4 is 11.5 Å². The van der Waals surface area contributed by atoms with Crippen molar-refractivity contribution in [3.63, 3.8) is 0 Å². The molecule has 0 bridgehead atoms. The van der Waals surface area contributed by atoms with Gasteiger partial charge in [-0.3, -0.25) is 4.40 Å². The summed E-state index contributed by atoms with van der Waals surface area (Å²) in [6.45, 7) is 1.22. The van der Waals surface area contributed by atoms with E-state index in [1.807, 2.05) is 10.6 Å². The van der Waals surface area contributed by atoms with Gasteiger partial charge >= 0.3 is 0 Å². The van der Waals surface area contributed by atoms with Gasteiger partial charge in [0.25, 0.3) is 0 Å². The van der Waals surface area contributed by atoms with Crippen LogP contribution < -0.4 is 4.90 Å². The smallest absolute Gasteiger partial charge is 0.203 e. The van der Waals surface area contributed by atoms with E-state index >= 15 is 0 Å². The van der Waals surface area contributed by atoms with Crippen molar-refractivity contribution in [2.45, 2.75) is 31.1 Å². The summed E-state index contributed by atoms with van der Waals surface area (Å²) in [6, 6.07) is 4.04. The van der Waals surface area contributed by atoms with Crippen LogP contribution in [0.3, 0.4) is 0 Å². The van der Waals surface area contributed by atoms with E-state index in [1.165, 1.54) is 18.2 Å². The number of anilines is 1. The number of hydrogen-bond acceptors (Lipinski definition) is 4. The van der Waals surface area contributed by atoms with Crippen molar-refractivity contribution in [1.82, 2.24) is 19.6 Å². The zero-order valence-corrected chi connectivity index (χ0v) is 13.6. The molecule has 1 saturated carbocycles. The number of fused-ring (bicyclic) bond motifs is 1. The Bertz CT molecular complexity index is 930. The Hall–Kier alpha value is -2.57. The minimum atomic E-state index is -0.475. The second kappa shape index (κ2) is 5.47. The van der Waals surface area contributed by atoms with Crippen LogP contribution in [0.1, 0.15) is 42.5 Å². The fourth-order valence-electron chi connectivity index (χ4n) is 3.76. The van der Waals surface area contributed by atoms with Gasteiger partial charge in [0.05, 0.1) is 0 Å². The number of halogens is 2. The maximum absolute atomic E-state index is 14.1. The quantitative estimate of drug-likeness (QED) is 0.733. The molecule has 1 aromatic carbocycles. The van der Waals surface area contributed by atoms with Crippen molar-refractivity contribution in [1.29, 1.82) is 0 Å². The second-order valence-electron chi connectivity index (χ2n) is 6.84. The van der Waals surface area contributed by atoms with E-state index in [2.05, 4.69) is 20.1 Å². The first-order chi connectivity index (χ1) is 12.2. The van der Waals surface area contributed by atoms with Crippen LogP contribution in [-0.2, 0) is 0 Å². The molecule has 2 aliphatic rings. The molecule has 2 fully saturated rings. The van der Waals surface area contributed by atoms with Gasteiger partial charge in [-0.15, -0.1) is 10.2 Å². The van der Waals surface area contributed by atoms with Crippen LogP contribution in [0, 0.1) is 11.6 Å². The van der Waals surface area contributed by atoms with Crippen LogP contribution in [-0.4, -0.2) is 32.7 Å². The summed E-state index contributed by atoms with van der Waals surface area (Å²) in [7, 11) is 0. The third-order valence-electron chi connectivity index (χ3n) is 5.17.